The summed E-state index contributed by atoms with van der Waals surface area (Å²) < 4.78 is 7.67. The zero-order valence-corrected chi connectivity index (χ0v) is 12.3. The molecule has 0 aromatic heterocycles. The van der Waals surface area contributed by atoms with Gasteiger partial charge in [0, 0.05) is 14.5 Å². The molecule has 0 saturated carbocycles. The molecule has 18 heavy (non-hydrogen) atoms. The lowest BCUT2D eigenvalue weighted by molar-refractivity contribution is 0.472. The van der Waals surface area contributed by atoms with Crippen molar-refractivity contribution < 1.29 is 9.84 Å². The van der Waals surface area contributed by atoms with Crippen molar-refractivity contribution in [3.8, 4) is 11.5 Å². The number of hydrogen-bond donors (Lipinski definition) is 1. The van der Waals surface area contributed by atoms with Crippen molar-refractivity contribution in [3.63, 3.8) is 0 Å². The third-order valence-corrected chi connectivity index (χ3v) is 3.69. The summed E-state index contributed by atoms with van der Waals surface area (Å²) in [6, 6.07) is 11.2. The van der Waals surface area contributed by atoms with Gasteiger partial charge in [0.15, 0.2) is 0 Å². The number of benzene rings is 2. The van der Waals surface area contributed by atoms with Gasteiger partial charge in [-0.3, -0.25) is 0 Å². The Balaban J connectivity index is 2.23. The first-order valence-corrected chi connectivity index (χ1v) is 6.90. The number of ether oxygens (including phenoxy) is 1. The molecule has 0 bridgehead atoms. The van der Waals surface area contributed by atoms with Crippen LogP contribution in [0.4, 0.5) is 0 Å². The second-order valence-electron chi connectivity index (χ2n) is 3.95. The maximum absolute atomic E-state index is 10.1. The van der Waals surface area contributed by atoms with Crippen LogP contribution < -0.4 is 4.74 Å². The Bertz CT molecular complexity index is 663. The van der Waals surface area contributed by atoms with E-state index >= 15 is 0 Å². The third kappa shape index (κ3) is 2.06. The van der Waals surface area contributed by atoms with Gasteiger partial charge in [-0.1, -0.05) is 31.9 Å². The fourth-order valence-corrected chi connectivity index (χ4v) is 2.60. The summed E-state index contributed by atoms with van der Waals surface area (Å²) in [6.07, 6.45) is 1.71. The molecule has 1 aliphatic heterocycles. The zero-order chi connectivity index (χ0) is 12.7. The van der Waals surface area contributed by atoms with Gasteiger partial charge < -0.3 is 9.84 Å². The maximum atomic E-state index is 10.1. The minimum absolute atomic E-state index is 0.197. The molecule has 1 aliphatic rings. The fourth-order valence-electron chi connectivity index (χ4n) is 1.86. The van der Waals surface area contributed by atoms with E-state index in [0.29, 0.717) is 11.3 Å². The maximum Gasteiger partial charge on any atom is 0.138 e. The van der Waals surface area contributed by atoms with E-state index in [1.807, 2.05) is 36.4 Å². The van der Waals surface area contributed by atoms with Crippen LogP contribution in [0.1, 0.15) is 11.1 Å². The molecule has 0 fully saturated rings. The molecule has 0 unspecified atom stereocenters. The highest BCUT2D eigenvalue weighted by atomic mass is 79.9. The quantitative estimate of drug-likeness (QED) is 0.677. The number of halogens is 2. The lowest BCUT2D eigenvalue weighted by atomic mass is 10.1. The summed E-state index contributed by atoms with van der Waals surface area (Å²) >= 11 is 6.80. The fraction of sp³-hybridized carbons (Fsp3) is 0. The average molecular weight is 368 g/mol. The molecule has 1 N–H and O–H groups in total. The molecule has 0 spiro atoms. The van der Waals surface area contributed by atoms with Crippen molar-refractivity contribution in [2.45, 2.75) is 0 Å². The van der Waals surface area contributed by atoms with E-state index in [-0.39, 0.29) is 5.76 Å². The smallest absolute Gasteiger partial charge is 0.138 e. The first-order valence-electron chi connectivity index (χ1n) is 5.31. The Kier molecular flexibility index (Phi) is 2.92. The van der Waals surface area contributed by atoms with Crippen molar-refractivity contribution in [3.05, 3.63) is 56.5 Å². The summed E-state index contributed by atoms with van der Waals surface area (Å²) in [4.78, 5) is 0. The van der Waals surface area contributed by atoms with Crippen LogP contribution in [0.15, 0.2) is 45.3 Å². The Labute approximate surface area is 121 Å². The first kappa shape index (κ1) is 11.8. The molecule has 1 heterocycles. The Morgan fingerprint density at radius 3 is 2.33 bits per heavy atom. The monoisotopic (exact) mass is 366 g/mol. The van der Waals surface area contributed by atoms with Crippen molar-refractivity contribution in [2.75, 3.05) is 0 Å². The Hall–Kier alpha value is -1.26. The van der Waals surface area contributed by atoms with E-state index < -0.39 is 0 Å². The highest BCUT2D eigenvalue weighted by Gasteiger charge is 2.16. The van der Waals surface area contributed by atoms with Gasteiger partial charge in [-0.05, 0) is 42.5 Å². The van der Waals surface area contributed by atoms with Crippen LogP contribution in [0.25, 0.3) is 11.8 Å². The van der Waals surface area contributed by atoms with Gasteiger partial charge in [0.1, 0.15) is 17.3 Å². The molecule has 2 aromatic carbocycles. The molecular weight excluding hydrogens is 360 g/mol. The van der Waals surface area contributed by atoms with Crippen molar-refractivity contribution in [1.82, 2.24) is 0 Å². The minimum Gasteiger partial charge on any atom is -0.507 e. The molecule has 0 radical (unpaired) electrons. The van der Waals surface area contributed by atoms with E-state index in [2.05, 4.69) is 31.9 Å². The number of rotatable bonds is 0. The van der Waals surface area contributed by atoms with Crippen molar-refractivity contribution >= 4 is 43.7 Å². The van der Waals surface area contributed by atoms with Crippen LogP contribution in [-0.4, -0.2) is 5.11 Å². The van der Waals surface area contributed by atoms with E-state index in [4.69, 9.17) is 4.74 Å². The van der Waals surface area contributed by atoms with E-state index in [0.717, 1.165) is 20.3 Å². The van der Waals surface area contributed by atoms with Gasteiger partial charge in [0.25, 0.3) is 0 Å². The molecule has 2 nitrogen and oxygen atoms in total. The van der Waals surface area contributed by atoms with E-state index in [1.54, 1.807) is 6.08 Å². The third-order valence-electron chi connectivity index (χ3n) is 2.70. The van der Waals surface area contributed by atoms with Crippen LogP contribution in [0.5, 0.6) is 11.5 Å². The second kappa shape index (κ2) is 4.44. The molecule has 0 aliphatic carbocycles. The second-order valence-corrected chi connectivity index (χ2v) is 5.79. The lowest BCUT2D eigenvalue weighted by Crippen LogP contribution is -1.89. The average Bonchev–Trinajstić information content (AvgIpc) is 2.46. The van der Waals surface area contributed by atoms with Crippen LogP contribution in [-0.2, 0) is 0 Å². The summed E-state index contributed by atoms with van der Waals surface area (Å²) in [5.41, 5.74) is 1.52. The summed E-state index contributed by atoms with van der Waals surface area (Å²) in [7, 11) is 0. The van der Waals surface area contributed by atoms with Gasteiger partial charge in [-0.2, -0.15) is 0 Å². The molecule has 3 rings (SSSR count). The molecular formula is C14H8Br2O2. The molecule has 0 saturated heterocycles. The van der Waals surface area contributed by atoms with Crippen LogP contribution in [0, 0.1) is 0 Å². The molecule has 0 atom stereocenters. The standard InChI is InChI=1S/C14H8Br2O2/c15-9-1-3-13-8(5-9)6-12(17)11-7-10(16)2-4-14(11)18-13/h1-7,17H. The lowest BCUT2D eigenvalue weighted by Gasteiger charge is -2.09. The first-order chi connectivity index (χ1) is 8.63. The van der Waals surface area contributed by atoms with E-state index in [9.17, 15) is 5.11 Å². The number of aliphatic hydroxyl groups is 1. The molecule has 4 heteroatoms. The van der Waals surface area contributed by atoms with Crippen molar-refractivity contribution in [2.24, 2.45) is 0 Å². The zero-order valence-electron chi connectivity index (χ0n) is 9.15. The topological polar surface area (TPSA) is 29.5 Å². The number of fused-ring (bicyclic) bond motifs is 2. The summed E-state index contributed by atoms with van der Waals surface area (Å²) in [5.74, 6) is 1.57. The van der Waals surface area contributed by atoms with Gasteiger partial charge in [0.2, 0.25) is 0 Å². The predicted molar refractivity (Wildman–Crippen MR) is 78.9 cm³/mol. The largest absolute Gasteiger partial charge is 0.507 e. The normalized spacial score (nSPS) is 12.9. The SMILES string of the molecule is OC1=Cc2cc(Br)ccc2Oc2ccc(Br)cc21. The summed E-state index contributed by atoms with van der Waals surface area (Å²) in [5, 5.41) is 10.1. The summed E-state index contributed by atoms with van der Waals surface area (Å²) in [6.45, 7) is 0. The Morgan fingerprint density at radius 2 is 1.56 bits per heavy atom. The van der Waals surface area contributed by atoms with Crippen LogP contribution >= 0.6 is 31.9 Å². The van der Waals surface area contributed by atoms with Gasteiger partial charge in [0.05, 0.1) is 5.56 Å². The van der Waals surface area contributed by atoms with Crippen LogP contribution in [0.2, 0.25) is 0 Å². The Morgan fingerprint density at radius 1 is 0.889 bits per heavy atom. The molecule has 2 aromatic rings. The van der Waals surface area contributed by atoms with Crippen LogP contribution in [0.3, 0.4) is 0 Å². The van der Waals surface area contributed by atoms with Gasteiger partial charge in [-0.25, -0.2) is 0 Å². The van der Waals surface area contributed by atoms with Gasteiger partial charge in [-0.15, -0.1) is 0 Å². The highest BCUT2D eigenvalue weighted by Crippen LogP contribution is 2.38. The van der Waals surface area contributed by atoms with E-state index in [1.165, 1.54) is 0 Å². The number of hydrogen-bond acceptors (Lipinski definition) is 2. The number of aliphatic hydroxyl groups excluding tert-OH is 1. The molecule has 0 amide bonds. The minimum atomic E-state index is 0.197. The molecule has 90 valence electrons. The highest BCUT2D eigenvalue weighted by molar-refractivity contribution is 9.10. The van der Waals surface area contributed by atoms with Gasteiger partial charge >= 0.3 is 0 Å². The predicted octanol–water partition coefficient (Wildman–Crippen LogP) is 5.37. The van der Waals surface area contributed by atoms with Crippen molar-refractivity contribution in [1.29, 1.82) is 0 Å².